The van der Waals surface area contributed by atoms with Gasteiger partial charge >= 0.3 is 0 Å². The van der Waals surface area contributed by atoms with Gasteiger partial charge in [-0.15, -0.1) is 10.2 Å². The highest BCUT2D eigenvalue weighted by molar-refractivity contribution is 7.95. The molecule has 0 fully saturated rings. The first-order valence-electron chi connectivity index (χ1n) is 9.37. The first-order valence-corrected chi connectivity index (χ1v) is 10.9. The normalized spacial score (nSPS) is 11.5. The Hall–Kier alpha value is -3.98. The van der Waals surface area contributed by atoms with Crippen LogP contribution in [0.4, 0.5) is 5.69 Å². The van der Waals surface area contributed by atoms with Crippen LogP contribution in [0.5, 0.6) is 11.6 Å². The van der Waals surface area contributed by atoms with E-state index < -0.39 is 10.0 Å². The average Bonchev–Trinajstić information content (AvgIpc) is 3.21. The lowest BCUT2D eigenvalue weighted by Crippen LogP contribution is -2.08. The number of hydrogen-bond acceptors (Lipinski definition) is 6. The molecular weight excluding hydrogens is 414 g/mol. The minimum atomic E-state index is -3.64. The maximum atomic E-state index is 12.2. The van der Waals surface area contributed by atoms with Crippen molar-refractivity contribution >= 4 is 21.8 Å². The van der Waals surface area contributed by atoms with Crippen LogP contribution in [0.15, 0.2) is 84.4 Å². The standard InChI is InChI=1S/C22H19N5O3S/c1-17-13-15-27(25-17)21-11-12-22(24-23-21)30-20-9-7-19(8-10-20)26-31(28,29)16-14-18-5-3-2-4-6-18/h2-16,26H,1H3/b16-14+. The molecule has 0 radical (unpaired) electrons. The van der Waals surface area contributed by atoms with Crippen LogP contribution >= 0.6 is 0 Å². The Bertz CT molecular complexity index is 1280. The monoisotopic (exact) mass is 433 g/mol. The van der Waals surface area contributed by atoms with E-state index in [2.05, 4.69) is 20.0 Å². The minimum absolute atomic E-state index is 0.312. The van der Waals surface area contributed by atoms with Crippen LogP contribution in [0.2, 0.25) is 0 Å². The van der Waals surface area contributed by atoms with Gasteiger partial charge in [0.05, 0.1) is 11.1 Å². The van der Waals surface area contributed by atoms with Crippen molar-refractivity contribution in [2.45, 2.75) is 6.92 Å². The Morgan fingerprint density at radius 2 is 1.71 bits per heavy atom. The van der Waals surface area contributed by atoms with E-state index >= 15 is 0 Å². The van der Waals surface area contributed by atoms with Crippen molar-refractivity contribution in [3.63, 3.8) is 0 Å². The molecule has 2 heterocycles. The van der Waals surface area contributed by atoms with Crippen molar-refractivity contribution in [3.8, 4) is 17.4 Å². The van der Waals surface area contributed by atoms with E-state index in [9.17, 15) is 8.42 Å². The lowest BCUT2D eigenvalue weighted by molar-refractivity contribution is 0.454. The van der Waals surface area contributed by atoms with Crippen LogP contribution < -0.4 is 9.46 Å². The molecule has 0 atom stereocenters. The van der Waals surface area contributed by atoms with Gasteiger partial charge in [-0.2, -0.15) is 5.10 Å². The summed E-state index contributed by atoms with van der Waals surface area (Å²) in [4.78, 5) is 0. The van der Waals surface area contributed by atoms with Crippen LogP contribution in [0.3, 0.4) is 0 Å². The lowest BCUT2D eigenvalue weighted by Gasteiger charge is -2.07. The number of aromatic nitrogens is 4. The van der Waals surface area contributed by atoms with E-state index in [1.54, 1.807) is 47.3 Å². The molecule has 2 aromatic heterocycles. The zero-order chi connectivity index (χ0) is 21.7. The second kappa shape index (κ2) is 8.80. The van der Waals surface area contributed by atoms with Crippen molar-refractivity contribution in [2.24, 2.45) is 0 Å². The zero-order valence-electron chi connectivity index (χ0n) is 16.6. The molecule has 0 unspecified atom stereocenters. The van der Waals surface area contributed by atoms with Gasteiger partial charge in [0.15, 0.2) is 5.82 Å². The zero-order valence-corrected chi connectivity index (χ0v) is 17.4. The molecule has 9 heteroatoms. The quantitative estimate of drug-likeness (QED) is 0.470. The molecule has 156 valence electrons. The van der Waals surface area contributed by atoms with Gasteiger partial charge in [-0.1, -0.05) is 30.3 Å². The smallest absolute Gasteiger partial charge is 0.255 e. The molecule has 1 N–H and O–H groups in total. The Morgan fingerprint density at radius 3 is 2.35 bits per heavy atom. The van der Waals surface area contributed by atoms with Crippen LogP contribution in [0, 0.1) is 6.92 Å². The van der Waals surface area contributed by atoms with E-state index in [0.29, 0.717) is 23.1 Å². The highest BCUT2D eigenvalue weighted by Crippen LogP contribution is 2.22. The lowest BCUT2D eigenvalue weighted by atomic mass is 10.2. The topological polar surface area (TPSA) is 99.0 Å². The average molecular weight is 433 g/mol. The van der Waals surface area contributed by atoms with Gasteiger partial charge in [-0.3, -0.25) is 4.72 Å². The first-order chi connectivity index (χ1) is 15.0. The van der Waals surface area contributed by atoms with E-state index in [1.807, 2.05) is 43.3 Å². The number of sulfonamides is 1. The Labute approximate surface area is 179 Å². The van der Waals surface area contributed by atoms with Crippen LogP contribution in [0.25, 0.3) is 11.9 Å². The Kier molecular flexibility index (Phi) is 5.76. The fourth-order valence-corrected chi connectivity index (χ4v) is 3.54. The fourth-order valence-electron chi connectivity index (χ4n) is 2.67. The van der Waals surface area contributed by atoms with Crippen LogP contribution in [-0.2, 0) is 10.0 Å². The summed E-state index contributed by atoms with van der Waals surface area (Å²) in [6.07, 6.45) is 3.33. The van der Waals surface area contributed by atoms with E-state index in [1.165, 1.54) is 6.08 Å². The van der Waals surface area contributed by atoms with Gasteiger partial charge in [-0.05, 0) is 55.0 Å². The summed E-state index contributed by atoms with van der Waals surface area (Å²) in [6.45, 7) is 1.89. The predicted octanol–water partition coefficient (Wildman–Crippen LogP) is 4.18. The molecular formula is C22H19N5O3S. The molecule has 31 heavy (non-hydrogen) atoms. The first kappa shape index (κ1) is 20.3. The molecule has 0 bridgehead atoms. The van der Waals surface area contributed by atoms with Crippen molar-refractivity contribution in [3.05, 3.63) is 95.7 Å². The van der Waals surface area contributed by atoms with E-state index in [0.717, 1.165) is 16.7 Å². The number of benzene rings is 2. The van der Waals surface area contributed by atoms with Crippen molar-refractivity contribution in [2.75, 3.05) is 4.72 Å². The maximum absolute atomic E-state index is 12.2. The summed E-state index contributed by atoms with van der Waals surface area (Å²) in [5.41, 5.74) is 2.10. The summed E-state index contributed by atoms with van der Waals surface area (Å²) < 4.78 is 34.3. The molecule has 0 saturated heterocycles. The minimum Gasteiger partial charge on any atom is -0.438 e. The molecule has 0 saturated carbocycles. The number of rotatable bonds is 7. The van der Waals surface area contributed by atoms with E-state index in [4.69, 9.17) is 4.74 Å². The summed E-state index contributed by atoms with van der Waals surface area (Å²) in [7, 11) is -3.64. The fraction of sp³-hybridized carbons (Fsp3) is 0.0455. The summed E-state index contributed by atoms with van der Waals surface area (Å²) >= 11 is 0. The number of ether oxygens (including phenoxy) is 1. The van der Waals surface area contributed by atoms with Crippen LogP contribution in [0.1, 0.15) is 11.3 Å². The predicted molar refractivity (Wildman–Crippen MR) is 118 cm³/mol. The molecule has 0 spiro atoms. The van der Waals surface area contributed by atoms with Gasteiger partial charge in [0.2, 0.25) is 5.88 Å². The van der Waals surface area contributed by atoms with Gasteiger partial charge < -0.3 is 4.74 Å². The number of nitrogens with one attached hydrogen (secondary N) is 1. The maximum Gasteiger partial charge on any atom is 0.255 e. The second-order valence-corrected chi connectivity index (χ2v) is 8.18. The van der Waals surface area contributed by atoms with Gasteiger partial charge in [0.1, 0.15) is 5.75 Å². The summed E-state index contributed by atoms with van der Waals surface area (Å²) in [5, 5.41) is 13.5. The molecule has 0 aliphatic rings. The number of anilines is 1. The number of hydrogen-bond donors (Lipinski definition) is 1. The Balaban J connectivity index is 1.38. The molecule has 2 aromatic carbocycles. The molecule has 0 aliphatic heterocycles. The van der Waals surface area contributed by atoms with Gasteiger partial charge in [0.25, 0.3) is 10.0 Å². The van der Waals surface area contributed by atoms with Crippen molar-refractivity contribution in [1.29, 1.82) is 0 Å². The summed E-state index contributed by atoms with van der Waals surface area (Å²) in [5.74, 6) is 1.39. The Morgan fingerprint density at radius 1 is 0.935 bits per heavy atom. The largest absolute Gasteiger partial charge is 0.438 e. The SMILES string of the molecule is Cc1ccn(-c2ccc(Oc3ccc(NS(=O)(=O)/C=C/c4ccccc4)cc3)nn2)n1. The highest BCUT2D eigenvalue weighted by atomic mass is 32.2. The molecule has 0 amide bonds. The second-order valence-electron chi connectivity index (χ2n) is 6.62. The van der Waals surface area contributed by atoms with Crippen LogP contribution in [-0.4, -0.2) is 28.4 Å². The molecule has 4 aromatic rings. The number of aryl methyl sites for hydroxylation is 1. The third-order valence-electron chi connectivity index (χ3n) is 4.16. The summed E-state index contributed by atoms with van der Waals surface area (Å²) in [6, 6.07) is 21.0. The van der Waals surface area contributed by atoms with Gasteiger partial charge in [-0.25, -0.2) is 13.1 Å². The third-order valence-corrected chi connectivity index (χ3v) is 5.17. The van der Waals surface area contributed by atoms with Gasteiger partial charge in [0, 0.05) is 18.0 Å². The molecule has 8 nitrogen and oxygen atoms in total. The van der Waals surface area contributed by atoms with Crippen molar-refractivity contribution in [1.82, 2.24) is 20.0 Å². The molecule has 0 aliphatic carbocycles. The van der Waals surface area contributed by atoms with E-state index in [-0.39, 0.29) is 0 Å². The molecule has 4 rings (SSSR count). The highest BCUT2D eigenvalue weighted by Gasteiger charge is 2.07. The third kappa shape index (κ3) is 5.55. The number of nitrogens with zero attached hydrogens (tertiary/aromatic N) is 4. The van der Waals surface area contributed by atoms with Crippen molar-refractivity contribution < 1.29 is 13.2 Å².